The minimum absolute atomic E-state index is 0.0141. The van der Waals surface area contributed by atoms with E-state index in [1.807, 2.05) is 16.8 Å². The molecule has 2 aromatic heterocycles. The molecule has 0 fully saturated rings. The third-order valence-corrected chi connectivity index (χ3v) is 4.21. The van der Waals surface area contributed by atoms with Crippen LogP contribution in [0.2, 0.25) is 0 Å². The normalized spacial score (nSPS) is 17.2. The summed E-state index contributed by atoms with van der Waals surface area (Å²) < 4.78 is 13.6. The van der Waals surface area contributed by atoms with Gasteiger partial charge in [0.25, 0.3) is 0 Å². The summed E-state index contributed by atoms with van der Waals surface area (Å²) >= 11 is 0. The van der Waals surface area contributed by atoms with Crippen molar-refractivity contribution in [2.24, 2.45) is 0 Å². The van der Waals surface area contributed by atoms with Crippen molar-refractivity contribution in [1.29, 1.82) is 0 Å². The van der Waals surface area contributed by atoms with Gasteiger partial charge in [0.2, 0.25) is 0 Å². The number of nitrogens with zero attached hydrogens (tertiary/aromatic N) is 2. The Morgan fingerprint density at radius 2 is 2.13 bits per heavy atom. The first kappa shape index (κ1) is 14.2. The maximum Gasteiger partial charge on any atom is 0.176 e. The van der Waals surface area contributed by atoms with Gasteiger partial charge in [0.1, 0.15) is 18.5 Å². The molecule has 3 heterocycles. The van der Waals surface area contributed by atoms with E-state index in [-0.39, 0.29) is 12.7 Å². The van der Waals surface area contributed by atoms with Gasteiger partial charge in [0.05, 0.1) is 13.2 Å². The Hall–Kier alpha value is -2.37. The van der Waals surface area contributed by atoms with E-state index in [1.54, 1.807) is 12.3 Å². The lowest BCUT2D eigenvalue weighted by molar-refractivity contribution is 0.0308. The first-order chi connectivity index (χ1) is 11.3. The lowest BCUT2D eigenvalue weighted by Crippen LogP contribution is -2.20. The Kier molecular flexibility index (Phi) is 3.73. The van der Waals surface area contributed by atoms with Crippen molar-refractivity contribution in [2.75, 3.05) is 6.61 Å². The highest BCUT2D eigenvalue weighted by Crippen LogP contribution is 2.30. The Labute approximate surface area is 134 Å². The first-order valence-corrected chi connectivity index (χ1v) is 7.75. The molecule has 5 heteroatoms. The van der Waals surface area contributed by atoms with Crippen LogP contribution in [0.4, 0.5) is 0 Å². The third kappa shape index (κ3) is 2.69. The standard InChI is InChI=1S/C18H18N2O3/c21-12-14-5-6-16(23-14)18-19-8-9-20(18)11-17-15-4-2-1-3-13(15)7-10-22-17/h1-6,8-9,17,21H,7,10-12H2/t17-/m0/s1. The van der Waals surface area contributed by atoms with Gasteiger partial charge in [0, 0.05) is 12.4 Å². The topological polar surface area (TPSA) is 60.4 Å². The molecule has 0 saturated carbocycles. The molecule has 1 atom stereocenters. The number of fused-ring (bicyclic) bond motifs is 1. The number of hydrogen-bond acceptors (Lipinski definition) is 4. The molecule has 1 aliphatic heterocycles. The molecule has 0 bridgehead atoms. The van der Waals surface area contributed by atoms with Crippen LogP contribution in [-0.2, 0) is 24.3 Å². The summed E-state index contributed by atoms with van der Waals surface area (Å²) in [6, 6.07) is 12.0. The summed E-state index contributed by atoms with van der Waals surface area (Å²) in [5.74, 6) is 1.94. The summed E-state index contributed by atoms with van der Waals surface area (Å²) in [5, 5.41) is 9.15. The average molecular weight is 310 g/mol. The second-order valence-electron chi connectivity index (χ2n) is 5.64. The van der Waals surface area contributed by atoms with E-state index >= 15 is 0 Å². The second-order valence-corrected chi connectivity index (χ2v) is 5.64. The minimum Gasteiger partial charge on any atom is -0.455 e. The van der Waals surface area contributed by atoms with Crippen LogP contribution < -0.4 is 0 Å². The van der Waals surface area contributed by atoms with Crippen LogP contribution in [0.1, 0.15) is 23.0 Å². The van der Waals surface area contributed by atoms with Crippen molar-refractivity contribution in [3.63, 3.8) is 0 Å². The van der Waals surface area contributed by atoms with Crippen molar-refractivity contribution in [3.8, 4) is 11.6 Å². The Balaban J connectivity index is 1.63. The van der Waals surface area contributed by atoms with Gasteiger partial charge >= 0.3 is 0 Å². The van der Waals surface area contributed by atoms with E-state index in [0.29, 0.717) is 18.1 Å². The van der Waals surface area contributed by atoms with Gasteiger partial charge in [-0.25, -0.2) is 4.98 Å². The predicted molar refractivity (Wildman–Crippen MR) is 84.7 cm³/mol. The molecule has 0 aliphatic carbocycles. The zero-order valence-corrected chi connectivity index (χ0v) is 12.7. The van der Waals surface area contributed by atoms with Crippen LogP contribution in [0, 0.1) is 0 Å². The number of furan rings is 1. The van der Waals surface area contributed by atoms with Gasteiger partial charge in [-0.1, -0.05) is 24.3 Å². The third-order valence-electron chi connectivity index (χ3n) is 4.21. The van der Waals surface area contributed by atoms with Crippen LogP contribution in [0.5, 0.6) is 0 Å². The van der Waals surface area contributed by atoms with Gasteiger partial charge in [-0.05, 0) is 29.7 Å². The number of hydrogen-bond donors (Lipinski definition) is 1. The highest BCUT2D eigenvalue weighted by Gasteiger charge is 2.22. The summed E-state index contributed by atoms with van der Waals surface area (Å²) in [5.41, 5.74) is 2.60. The fourth-order valence-corrected chi connectivity index (χ4v) is 3.07. The van der Waals surface area contributed by atoms with E-state index in [0.717, 1.165) is 18.9 Å². The number of ether oxygens (including phenoxy) is 1. The van der Waals surface area contributed by atoms with Crippen molar-refractivity contribution in [3.05, 3.63) is 65.7 Å². The maximum absolute atomic E-state index is 9.15. The zero-order valence-electron chi connectivity index (χ0n) is 12.7. The molecule has 0 unspecified atom stereocenters. The van der Waals surface area contributed by atoms with E-state index in [4.69, 9.17) is 14.3 Å². The molecule has 1 aliphatic rings. The number of aliphatic hydroxyl groups excluding tert-OH is 1. The van der Waals surface area contributed by atoms with E-state index < -0.39 is 0 Å². The molecule has 0 spiro atoms. The van der Waals surface area contributed by atoms with Gasteiger partial charge in [-0.15, -0.1) is 0 Å². The highest BCUT2D eigenvalue weighted by molar-refractivity contribution is 5.48. The fraction of sp³-hybridized carbons (Fsp3) is 0.278. The maximum atomic E-state index is 9.15. The van der Waals surface area contributed by atoms with Gasteiger partial charge in [-0.3, -0.25) is 0 Å². The zero-order chi connectivity index (χ0) is 15.6. The molecule has 1 aromatic carbocycles. The number of rotatable bonds is 4. The average Bonchev–Trinajstić information content (AvgIpc) is 3.24. The summed E-state index contributed by atoms with van der Waals surface area (Å²) in [6.07, 6.45) is 4.66. The molecule has 0 saturated heterocycles. The van der Waals surface area contributed by atoms with E-state index in [2.05, 4.69) is 29.2 Å². The number of imidazole rings is 1. The van der Waals surface area contributed by atoms with Crippen LogP contribution >= 0.6 is 0 Å². The quantitative estimate of drug-likeness (QED) is 0.805. The van der Waals surface area contributed by atoms with Crippen LogP contribution in [0.15, 0.2) is 53.2 Å². The van der Waals surface area contributed by atoms with Crippen LogP contribution in [-0.4, -0.2) is 21.3 Å². The molecule has 23 heavy (non-hydrogen) atoms. The van der Waals surface area contributed by atoms with Crippen molar-refractivity contribution >= 4 is 0 Å². The molecule has 4 rings (SSSR count). The largest absolute Gasteiger partial charge is 0.455 e. The number of benzene rings is 1. The summed E-state index contributed by atoms with van der Waals surface area (Å²) in [6.45, 7) is 1.31. The van der Waals surface area contributed by atoms with Gasteiger partial charge in [-0.2, -0.15) is 0 Å². The van der Waals surface area contributed by atoms with E-state index in [9.17, 15) is 0 Å². The molecule has 3 aromatic rings. The van der Waals surface area contributed by atoms with Crippen molar-refractivity contribution in [1.82, 2.24) is 9.55 Å². The van der Waals surface area contributed by atoms with Gasteiger partial charge < -0.3 is 18.8 Å². The Morgan fingerprint density at radius 1 is 1.22 bits per heavy atom. The predicted octanol–water partition coefficient (Wildman–Crippen LogP) is 2.95. The second kappa shape index (κ2) is 6.02. The SMILES string of the molecule is OCc1ccc(-c2nccn2C[C@@H]2OCCc3ccccc32)o1. The smallest absolute Gasteiger partial charge is 0.176 e. The molecule has 1 N–H and O–H groups in total. The molecular weight excluding hydrogens is 292 g/mol. The lowest BCUT2D eigenvalue weighted by Gasteiger charge is -2.26. The van der Waals surface area contributed by atoms with Crippen molar-refractivity contribution < 1.29 is 14.3 Å². The lowest BCUT2D eigenvalue weighted by atomic mass is 9.97. The highest BCUT2D eigenvalue weighted by atomic mass is 16.5. The molecule has 5 nitrogen and oxygen atoms in total. The Morgan fingerprint density at radius 3 is 3.00 bits per heavy atom. The number of aromatic nitrogens is 2. The molecule has 118 valence electrons. The fourth-order valence-electron chi connectivity index (χ4n) is 3.07. The van der Waals surface area contributed by atoms with Crippen LogP contribution in [0.3, 0.4) is 0 Å². The minimum atomic E-state index is -0.111. The summed E-state index contributed by atoms with van der Waals surface area (Å²) in [4.78, 5) is 4.39. The van der Waals surface area contributed by atoms with Gasteiger partial charge in [0.15, 0.2) is 11.6 Å². The van der Waals surface area contributed by atoms with E-state index in [1.165, 1.54) is 11.1 Å². The Bertz CT molecular complexity index is 806. The summed E-state index contributed by atoms with van der Waals surface area (Å²) in [7, 11) is 0. The number of aliphatic hydroxyl groups is 1. The molecule has 0 radical (unpaired) electrons. The monoisotopic (exact) mass is 310 g/mol. The van der Waals surface area contributed by atoms with Crippen LogP contribution in [0.25, 0.3) is 11.6 Å². The molecule has 0 amide bonds. The van der Waals surface area contributed by atoms with Crippen molar-refractivity contribution in [2.45, 2.75) is 25.7 Å². The first-order valence-electron chi connectivity index (χ1n) is 7.75. The molecular formula is C18H18N2O3.